The zero-order valence-electron chi connectivity index (χ0n) is 9.84. The Kier molecular flexibility index (Phi) is 3.66. The second kappa shape index (κ2) is 5.39. The molecule has 0 saturated carbocycles. The van der Waals surface area contributed by atoms with E-state index < -0.39 is 0 Å². The fourth-order valence-electron chi connectivity index (χ4n) is 1.78. The van der Waals surface area contributed by atoms with Crippen LogP contribution in [-0.2, 0) is 6.42 Å². The average Bonchev–Trinajstić information content (AvgIpc) is 2.30. The van der Waals surface area contributed by atoms with Gasteiger partial charge in [-0.1, -0.05) is 36.4 Å². The van der Waals surface area contributed by atoms with E-state index in [0.29, 0.717) is 5.75 Å². The molecule has 0 saturated heterocycles. The highest BCUT2D eigenvalue weighted by Crippen LogP contribution is 2.19. The fraction of sp³-hybridized carbons (Fsp3) is 0.200. The monoisotopic (exact) mass is 228 g/mol. The number of phenols is 1. The SMILES string of the molecule is C[C@@H](Cc1ccccc1)Oc1cccc(O)c1. The third-order valence-corrected chi connectivity index (χ3v) is 2.52. The third-order valence-electron chi connectivity index (χ3n) is 2.52. The molecule has 2 heteroatoms. The molecule has 2 aromatic carbocycles. The fourth-order valence-corrected chi connectivity index (χ4v) is 1.78. The van der Waals surface area contributed by atoms with Gasteiger partial charge in [0, 0.05) is 12.5 Å². The Morgan fingerprint density at radius 2 is 1.82 bits per heavy atom. The summed E-state index contributed by atoms with van der Waals surface area (Å²) >= 11 is 0. The van der Waals surface area contributed by atoms with Crippen molar-refractivity contribution in [1.82, 2.24) is 0 Å². The first kappa shape index (κ1) is 11.5. The molecular formula is C15H16O2. The predicted molar refractivity (Wildman–Crippen MR) is 68.3 cm³/mol. The Hall–Kier alpha value is -1.96. The van der Waals surface area contributed by atoms with Gasteiger partial charge in [-0.15, -0.1) is 0 Å². The maximum absolute atomic E-state index is 9.34. The van der Waals surface area contributed by atoms with Crippen molar-refractivity contribution in [2.45, 2.75) is 19.4 Å². The van der Waals surface area contributed by atoms with Crippen molar-refractivity contribution in [2.75, 3.05) is 0 Å². The summed E-state index contributed by atoms with van der Waals surface area (Å²) in [7, 11) is 0. The molecule has 0 bridgehead atoms. The van der Waals surface area contributed by atoms with Gasteiger partial charge in [0.15, 0.2) is 0 Å². The second-order valence-electron chi connectivity index (χ2n) is 4.12. The number of hydrogen-bond acceptors (Lipinski definition) is 2. The smallest absolute Gasteiger partial charge is 0.123 e. The zero-order valence-corrected chi connectivity index (χ0v) is 9.84. The van der Waals surface area contributed by atoms with E-state index in [1.165, 1.54) is 5.56 Å². The number of benzene rings is 2. The van der Waals surface area contributed by atoms with Crippen LogP contribution >= 0.6 is 0 Å². The molecule has 0 aliphatic rings. The molecule has 0 radical (unpaired) electrons. The van der Waals surface area contributed by atoms with Crippen molar-refractivity contribution in [1.29, 1.82) is 0 Å². The molecule has 88 valence electrons. The number of rotatable bonds is 4. The highest BCUT2D eigenvalue weighted by Gasteiger charge is 2.05. The minimum Gasteiger partial charge on any atom is -0.508 e. The van der Waals surface area contributed by atoms with E-state index in [4.69, 9.17) is 4.74 Å². The molecule has 0 amide bonds. The minimum atomic E-state index is 0.0826. The van der Waals surface area contributed by atoms with Crippen LogP contribution in [0.2, 0.25) is 0 Å². The topological polar surface area (TPSA) is 29.5 Å². The van der Waals surface area contributed by atoms with Crippen LogP contribution < -0.4 is 4.74 Å². The van der Waals surface area contributed by atoms with Crippen LogP contribution in [0.15, 0.2) is 54.6 Å². The molecule has 0 spiro atoms. The number of ether oxygens (including phenoxy) is 1. The molecule has 2 aromatic rings. The Balaban J connectivity index is 1.96. The van der Waals surface area contributed by atoms with E-state index in [9.17, 15) is 5.11 Å². The van der Waals surface area contributed by atoms with E-state index in [2.05, 4.69) is 12.1 Å². The summed E-state index contributed by atoms with van der Waals surface area (Å²) in [6.07, 6.45) is 0.940. The lowest BCUT2D eigenvalue weighted by Gasteiger charge is -2.14. The molecule has 0 unspecified atom stereocenters. The summed E-state index contributed by atoms with van der Waals surface area (Å²) in [4.78, 5) is 0. The lowest BCUT2D eigenvalue weighted by molar-refractivity contribution is 0.221. The molecule has 17 heavy (non-hydrogen) atoms. The Bertz CT molecular complexity index is 465. The van der Waals surface area contributed by atoms with Crippen LogP contribution in [0, 0.1) is 0 Å². The van der Waals surface area contributed by atoms with Crippen molar-refractivity contribution < 1.29 is 9.84 Å². The largest absolute Gasteiger partial charge is 0.508 e. The first-order chi connectivity index (χ1) is 8.24. The third kappa shape index (κ3) is 3.52. The molecule has 1 atom stereocenters. The summed E-state index contributed by atoms with van der Waals surface area (Å²) in [5.74, 6) is 0.933. The summed E-state index contributed by atoms with van der Waals surface area (Å²) < 4.78 is 5.74. The molecule has 0 aliphatic carbocycles. The Labute approximate surface area is 101 Å². The number of phenolic OH excluding ortho intramolecular Hbond substituents is 1. The summed E-state index contributed by atoms with van der Waals surface area (Å²) in [6, 6.07) is 17.1. The summed E-state index contributed by atoms with van der Waals surface area (Å²) in [5.41, 5.74) is 1.25. The normalized spacial score (nSPS) is 12.1. The van der Waals surface area contributed by atoms with Crippen LogP contribution in [-0.4, -0.2) is 11.2 Å². The van der Waals surface area contributed by atoms with Crippen LogP contribution in [0.5, 0.6) is 11.5 Å². The van der Waals surface area contributed by atoms with Gasteiger partial charge in [-0.2, -0.15) is 0 Å². The van der Waals surface area contributed by atoms with E-state index in [0.717, 1.165) is 6.42 Å². The standard InChI is InChI=1S/C15H16O2/c1-12(10-13-6-3-2-4-7-13)17-15-9-5-8-14(16)11-15/h2-9,11-12,16H,10H2,1H3/t12-/m0/s1. The average molecular weight is 228 g/mol. The molecule has 0 fully saturated rings. The van der Waals surface area contributed by atoms with E-state index >= 15 is 0 Å². The van der Waals surface area contributed by atoms with Crippen LogP contribution in [0.1, 0.15) is 12.5 Å². The first-order valence-electron chi connectivity index (χ1n) is 5.73. The highest BCUT2D eigenvalue weighted by atomic mass is 16.5. The molecule has 0 aromatic heterocycles. The minimum absolute atomic E-state index is 0.0826. The number of hydrogen-bond donors (Lipinski definition) is 1. The molecule has 2 nitrogen and oxygen atoms in total. The van der Waals surface area contributed by atoms with Crippen LogP contribution in [0.25, 0.3) is 0 Å². The molecule has 0 aliphatic heterocycles. The highest BCUT2D eigenvalue weighted by molar-refractivity contribution is 5.32. The quantitative estimate of drug-likeness (QED) is 0.869. The van der Waals surface area contributed by atoms with Gasteiger partial charge in [0.1, 0.15) is 11.5 Å². The van der Waals surface area contributed by atoms with Gasteiger partial charge < -0.3 is 9.84 Å². The summed E-state index contributed by atoms with van der Waals surface area (Å²) in [5, 5.41) is 9.34. The lowest BCUT2D eigenvalue weighted by Crippen LogP contribution is -2.14. The molecule has 0 heterocycles. The van der Waals surface area contributed by atoms with Crippen molar-refractivity contribution >= 4 is 0 Å². The molecular weight excluding hydrogens is 212 g/mol. The first-order valence-corrected chi connectivity index (χ1v) is 5.73. The van der Waals surface area contributed by atoms with Gasteiger partial charge in [0.2, 0.25) is 0 Å². The Morgan fingerprint density at radius 3 is 2.53 bits per heavy atom. The van der Waals surface area contributed by atoms with Crippen molar-refractivity contribution in [2.24, 2.45) is 0 Å². The van der Waals surface area contributed by atoms with Gasteiger partial charge >= 0.3 is 0 Å². The van der Waals surface area contributed by atoms with E-state index in [-0.39, 0.29) is 11.9 Å². The van der Waals surface area contributed by atoms with E-state index in [1.54, 1.807) is 18.2 Å². The van der Waals surface area contributed by atoms with Crippen LogP contribution in [0.4, 0.5) is 0 Å². The Morgan fingerprint density at radius 1 is 1.06 bits per heavy atom. The predicted octanol–water partition coefficient (Wildman–Crippen LogP) is 3.40. The zero-order chi connectivity index (χ0) is 12.1. The van der Waals surface area contributed by atoms with Gasteiger partial charge in [0.25, 0.3) is 0 Å². The van der Waals surface area contributed by atoms with E-state index in [1.807, 2.05) is 31.2 Å². The lowest BCUT2D eigenvalue weighted by atomic mass is 10.1. The number of aromatic hydroxyl groups is 1. The van der Waals surface area contributed by atoms with Crippen molar-refractivity contribution in [3.63, 3.8) is 0 Å². The van der Waals surface area contributed by atoms with Gasteiger partial charge in [-0.05, 0) is 24.6 Å². The second-order valence-corrected chi connectivity index (χ2v) is 4.12. The molecule has 1 N–H and O–H groups in total. The van der Waals surface area contributed by atoms with Gasteiger partial charge in [-0.3, -0.25) is 0 Å². The van der Waals surface area contributed by atoms with Crippen molar-refractivity contribution in [3.8, 4) is 11.5 Å². The van der Waals surface area contributed by atoms with Crippen LogP contribution in [0.3, 0.4) is 0 Å². The van der Waals surface area contributed by atoms with Crippen molar-refractivity contribution in [3.05, 3.63) is 60.2 Å². The summed E-state index contributed by atoms with van der Waals surface area (Å²) in [6.45, 7) is 2.02. The van der Waals surface area contributed by atoms with Gasteiger partial charge in [0.05, 0.1) is 6.10 Å². The molecule has 2 rings (SSSR count). The maximum Gasteiger partial charge on any atom is 0.123 e. The maximum atomic E-state index is 9.34. The van der Waals surface area contributed by atoms with Gasteiger partial charge in [-0.25, -0.2) is 0 Å².